The maximum absolute atomic E-state index is 12.3. The number of aryl methyl sites for hydroxylation is 1. The lowest BCUT2D eigenvalue weighted by atomic mass is 10.1. The summed E-state index contributed by atoms with van der Waals surface area (Å²) in [6, 6.07) is 4.89. The molecule has 1 amide bonds. The Bertz CT molecular complexity index is 687. The van der Waals surface area contributed by atoms with Gasteiger partial charge in [0.05, 0.1) is 22.0 Å². The molecule has 21 heavy (non-hydrogen) atoms. The van der Waals surface area contributed by atoms with E-state index in [1.807, 2.05) is 13.8 Å². The number of nitrogens with zero attached hydrogens (tertiary/aromatic N) is 2. The third-order valence-corrected chi connectivity index (χ3v) is 3.49. The summed E-state index contributed by atoms with van der Waals surface area (Å²) in [5.74, 6) is 0.632. The van der Waals surface area contributed by atoms with E-state index in [1.165, 1.54) is 6.20 Å². The standard InChI is InChI=1S/C15H15Cl2N3O/c1-8(2)14-18-7-11(9(3)19-14)15(21)20-13-5-4-10(16)6-12(13)17/h4-8H,1-3H3,(H,20,21). The number of aromatic nitrogens is 2. The van der Waals surface area contributed by atoms with E-state index in [0.29, 0.717) is 32.8 Å². The summed E-state index contributed by atoms with van der Waals surface area (Å²) in [4.78, 5) is 20.8. The molecule has 0 bridgehead atoms. The number of hydrogen-bond acceptors (Lipinski definition) is 3. The largest absolute Gasteiger partial charge is 0.321 e. The van der Waals surface area contributed by atoms with Crippen molar-refractivity contribution in [1.29, 1.82) is 0 Å². The minimum Gasteiger partial charge on any atom is -0.321 e. The number of rotatable bonds is 3. The Morgan fingerprint density at radius 1 is 1.29 bits per heavy atom. The zero-order chi connectivity index (χ0) is 15.6. The molecule has 0 aliphatic rings. The highest BCUT2D eigenvalue weighted by atomic mass is 35.5. The predicted octanol–water partition coefficient (Wildman–Crippen LogP) is 4.47. The molecule has 0 aliphatic carbocycles. The van der Waals surface area contributed by atoms with Crippen molar-refractivity contribution in [1.82, 2.24) is 9.97 Å². The molecule has 0 saturated heterocycles. The van der Waals surface area contributed by atoms with Crippen molar-refractivity contribution in [3.63, 3.8) is 0 Å². The SMILES string of the molecule is Cc1nc(C(C)C)ncc1C(=O)Nc1ccc(Cl)cc1Cl. The molecule has 1 aromatic carbocycles. The first kappa shape index (κ1) is 15.7. The number of halogens is 2. The molecule has 4 nitrogen and oxygen atoms in total. The zero-order valence-electron chi connectivity index (χ0n) is 11.9. The second-order valence-electron chi connectivity index (χ2n) is 4.96. The average Bonchev–Trinajstić information content (AvgIpc) is 2.41. The fourth-order valence-electron chi connectivity index (χ4n) is 1.77. The van der Waals surface area contributed by atoms with Crippen LogP contribution in [0.5, 0.6) is 0 Å². The molecule has 0 radical (unpaired) electrons. The Kier molecular flexibility index (Phi) is 4.80. The van der Waals surface area contributed by atoms with Crippen LogP contribution in [0.2, 0.25) is 10.0 Å². The lowest BCUT2D eigenvalue weighted by Crippen LogP contribution is -2.16. The first-order chi connectivity index (χ1) is 9.88. The number of carbonyl (C=O) groups excluding carboxylic acids is 1. The van der Waals surface area contributed by atoms with Crippen LogP contribution in [-0.2, 0) is 0 Å². The summed E-state index contributed by atoms with van der Waals surface area (Å²) in [7, 11) is 0. The summed E-state index contributed by atoms with van der Waals surface area (Å²) in [5, 5.41) is 3.63. The Balaban J connectivity index is 2.24. The molecule has 0 unspecified atom stereocenters. The molecule has 0 spiro atoms. The highest BCUT2D eigenvalue weighted by molar-refractivity contribution is 6.36. The molecule has 1 N–H and O–H groups in total. The highest BCUT2D eigenvalue weighted by Gasteiger charge is 2.14. The van der Waals surface area contributed by atoms with Crippen LogP contribution in [0.15, 0.2) is 24.4 Å². The predicted molar refractivity (Wildman–Crippen MR) is 85.3 cm³/mol. The maximum atomic E-state index is 12.3. The molecule has 110 valence electrons. The number of anilines is 1. The fourth-order valence-corrected chi connectivity index (χ4v) is 2.22. The van der Waals surface area contributed by atoms with Crippen LogP contribution in [0.4, 0.5) is 5.69 Å². The van der Waals surface area contributed by atoms with Crippen LogP contribution in [0.3, 0.4) is 0 Å². The van der Waals surface area contributed by atoms with Crippen molar-refractivity contribution in [2.45, 2.75) is 26.7 Å². The second kappa shape index (κ2) is 6.41. The van der Waals surface area contributed by atoms with Crippen LogP contribution in [0, 0.1) is 6.92 Å². The number of amides is 1. The Labute approximate surface area is 133 Å². The van der Waals surface area contributed by atoms with Crippen molar-refractivity contribution >= 4 is 34.8 Å². The quantitative estimate of drug-likeness (QED) is 0.906. The molecule has 0 saturated carbocycles. The van der Waals surface area contributed by atoms with E-state index >= 15 is 0 Å². The van der Waals surface area contributed by atoms with Crippen LogP contribution < -0.4 is 5.32 Å². The van der Waals surface area contributed by atoms with Gasteiger partial charge in [0, 0.05) is 17.1 Å². The molecule has 1 heterocycles. The van der Waals surface area contributed by atoms with Crippen molar-refractivity contribution < 1.29 is 4.79 Å². The van der Waals surface area contributed by atoms with E-state index in [2.05, 4.69) is 15.3 Å². The van der Waals surface area contributed by atoms with Crippen molar-refractivity contribution in [3.8, 4) is 0 Å². The molecule has 2 aromatic rings. The summed E-state index contributed by atoms with van der Waals surface area (Å²) >= 11 is 11.9. The molecule has 0 aliphatic heterocycles. The third-order valence-electron chi connectivity index (χ3n) is 2.94. The summed E-state index contributed by atoms with van der Waals surface area (Å²) < 4.78 is 0. The van der Waals surface area contributed by atoms with Gasteiger partial charge in [-0.2, -0.15) is 0 Å². The molecule has 0 atom stereocenters. The molecule has 2 rings (SSSR count). The van der Waals surface area contributed by atoms with Gasteiger partial charge in [0.2, 0.25) is 0 Å². The second-order valence-corrected chi connectivity index (χ2v) is 5.80. The molecular weight excluding hydrogens is 309 g/mol. The van der Waals surface area contributed by atoms with Crippen LogP contribution in [0.25, 0.3) is 0 Å². The van der Waals surface area contributed by atoms with E-state index < -0.39 is 0 Å². The number of nitrogens with one attached hydrogen (secondary N) is 1. The van der Waals surface area contributed by atoms with Gasteiger partial charge in [-0.05, 0) is 25.1 Å². The molecular formula is C15H15Cl2N3O. The maximum Gasteiger partial charge on any atom is 0.259 e. The van der Waals surface area contributed by atoms with Gasteiger partial charge in [0.15, 0.2) is 0 Å². The monoisotopic (exact) mass is 323 g/mol. The molecule has 0 fully saturated rings. The first-order valence-corrected chi connectivity index (χ1v) is 7.24. The Morgan fingerprint density at radius 3 is 2.57 bits per heavy atom. The lowest BCUT2D eigenvalue weighted by molar-refractivity contribution is 0.102. The molecule has 1 aromatic heterocycles. The number of benzene rings is 1. The van der Waals surface area contributed by atoms with Crippen molar-refractivity contribution in [2.24, 2.45) is 0 Å². The van der Waals surface area contributed by atoms with Crippen molar-refractivity contribution in [3.05, 3.63) is 51.5 Å². The Hall–Kier alpha value is -1.65. The smallest absolute Gasteiger partial charge is 0.259 e. The fraction of sp³-hybridized carbons (Fsp3) is 0.267. The van der Waals surface area contributed by atoms with Gasteiger partial charge in [-0.1, -0.05) is 37.0 Å². The lowest BCUT2D eigenvalue weighted by Gasteiger charge is -2.10. The third kappa shape index (κ3) is 3.71. The first-order valence-electron chi connectivity index (χ1n) is 6.48. The van der Waals surface area contributed by atoms with Gasteiger partial charge >= 0.3 is 0 Å². The van der Waals surface area contributed by atoms with Gasteiger partial charge in [0.25, 0.3) is 5.91 Å². The topological polar surface area (TPSA) is 54.9 Å². The van der Waals surface area contributed by atoms with Crippen LogP contribution >= 0.6 is 23.2 Å². The zero-order valence-corrected chi connectivity index (χ0v) is 13.5. The van der Waals surface area contributed by atoms with Crippen LogP contribution in [0.1, 0.15) is 41.6 Å². The highest BCUT2D eigenvalue weighted by Crippen LogP contribution is 2.26. The average molecular weight is 324 g/mol. The van der Waals surface area contributed by atoms with Gasteiger partial charge < -0.3 is 5.32 Å². The van der Waals surface area contributed by atoms with E-state index in [0.717, 1.165) is 0 Å². The van der Waals surface area contributed by atoms with Gasteiger partial charge in [0.1, 0.15) is 5.82 Å². The van der Waals surface area contributed by atoms with Gasteiger partial charge in [-0.3, -0.25) is 4.79 Å². The van der Waals surface area contributed by atoms with Gasteiger partial charge in [-0.25, -0.2) is 9.97 Å². The minimum atomic E-state index is -0.299. The Morgan fingerprint density at radius 2 is 2.00 bits per heavy atom. The normalized spacial score (nSPS) is 10.8. The van der Waals surface area contributed by atoms with Crippen molar-refractivity contribution in [2.75, 3.05) is 5.32 Å². The van der Waals surface area contributed by atoms with E-state index in [4.69, 9.17) is 23.2 Å². The van der Waals surface area contributed by atoms with E-state index in [-0.39, 0.29) is 11.8 Å². The number of carbonyl (C=O) groups is 1. The van der Waals surface area contributed by atoms with E-state index in [9.17, 15) is 4.79 Å². The summed E-state index contributed by atoms with van der Waals surface area (Å²) in [6.07, 6.45) is 1.54. The summed E-state index contributed by atoms with van der Waals surface area (Å²) in [6.45, 7) is 5.79. The minimum absolute atomic E-state index is 0.214. The van der Waals surface area contributed by atoms with E-state index in [1.54, 1.807) is 25.1 Å². The van der Waals surface area contributed by atoms with Crippen LogP contribution in [-0.4, -0.2) is 15.9 Å². The van der Waals surface area contributed by atoms with Gasteiger partial charge in [-0.15, -0.1) is 0 Å². The molecule has 6 heteroatoms. The number of hydrogen-bond donors (Lipinski definition) is 1. The summed E-state index contributed by atoms with van der Waals surface area (Å²) in [5.41, 5.74) is 1.56.